The summed E-state index contributed by atoms with van der Waals surface area (Å²) in [5.74, 6) is -0.418. The van der Waals surface area contributed by atoms with Crippen LogP contribution in [-0.2, 0) is 0 Å². The summed E-state index contributed by atoms with van der Waals surface area (Å²) >= 11 is 0. The largest absolute Gasteiger partial charge is 0.492 e. The van der Waals surface area contributed by atoms with Crippen molar-refractivity contribution in [3.05, 3.63) is 29.8 Å². The van der Waals surface area contributed by atoms with Gasteiger partial charge in [-0.25, -0.2) is 4.79 Å². The molecule has 0 amide bonds. The molecule has 2 atom stereocenters. The molecule has 0 aliphatic heterocycles. The molecule has 0 heterocycles. The van der Waals surface area contributed by atoms with Crippen LogP contribution in [0.15, 0.2) is 24.3 Å². The van der Waals surface area contributed by atoms with Crippen LogP contribution in [0.1, 0.15) is 30.6 Å². The van der Waals surface area contributed by atoms with E-state index in [4.69, 9.17) is 9.84 Å². The van der Waals surface area contributed by atoms with Crippen LogP contribution < -0.4 is 10.1 Å². The maximum atomic E-state index is 10.8. The second-order valence-corrected chi connectivity index (χ2v) is 4.62. The molecule has 0 aliphatic carbocycles. The highest BCUT2D eigenvalue weighted by atomic mass is 16.5. The van der Waals surface area contributed by atoms with Gasteiger partial charge in [-0.15, -0.1) is 0 Å². The predicted molar refractivity (Wildman–Crippen MR) is 72.7 cm³/mol. The molecule has 19 heavy (non-hydrogen) atoms. The zero-order valence-corrected chi connectivity index (χ0v) is 11.3. The topological polar surface area (TPSA) is 78.8 Å². The summed E-state index contributed by atoms with van der Waals surface area (Å²) in [5, 5.41) is 21.3. The molecule has 3 N–H and O–H groups in total. The van der Waals surface area contributed by atoms with Crippen LogP contribution in [0.3, 0.4) is 0 Å². The summed E-state index contributed by atoms with van der Waals surface area (Å²) in [6.45, 7) is 4.85. The quantitative estimate of drug-likeness (QED) is 0.622. The van der Waals surface area contributed by atoms with Crippen LogP contribution in [-0.4, -0.2) is 41.5 Å². The number of benzene rings is 1. The Balaban J connectivity index is 2.29. The van der Waals surface area contributed by atoms with Gasteiger partial charge in [0.15, 0.2) is 0 Å². The molecule has 1 rings (SSSR count). The highest BCUT2D eigenvalue weighted by Gasteiger charge is 2.06. The number of carbonyl (C=O) groups is 1. The number of rotatable bonds is 8. The number of hydrogen-bond donors (Lipinski definition) is 3. The summed E-state index contributed by atoms with van der Waals surface area (Å²) < 4.78 is 5.46. The zero-order chi connectivity index (χ0) is 14.3. The van der Waals surface area contributed by atoms with E-state index in [1.54, 1.807) is 19.1 Å². The minimum atomic E-state index is -0.964. The normalized spacial score (nSPS) is 13.8. The third kappa shape index (κ3) is 6.22. The first kappa shape index (κ1) is 15.5. The smallest absolute Gasteiger partial charge is 0.335 e. The minimum absolute atomic E-state index is 0.216. The molecule has 5 heteroatoms. The van der Waals surface area contributed by atoms with Crippen molar-refractivity contribution in [3.63, 3.8) is 0 Å². The number of hydrogen-bond acceptors (Lipinski definition) is 4. The van der Waals surface area contributed by atoms with E-state index in [2.05, 4.69) is 5.32 Å². The van der Waals surface area contributed by atoms with Crippen LogP contribution in [0.4, 0.5) is 0 Å². The molecule has 0 aromatic heterocycles. The van der Waals surface area contributed by atoms with E-state index in [1.165, 1.54) is 12.1 Å². The first-order chi connectivity index (χ1) is 8.99. The van der Waals surface area contributed by atoms with E-state index in [-0.39, 0.29) is 17.7 Å². The summed E-state index contributed by atoms with van der Waals surface area (Å²) in [6, 6.07) is 6.63. The zero-order valence-electron chi connectivity index (χ0n) is 11.3. The fourth-order valence-electron chi connectivity index (χ4n) is 1.79. The maximum absolute atomic E-state index is 10.8. The lowest BCUT2D eigenvalue weighted by molar-refractivity contribution is 0.0696. The maximum Gasteiger partial charge on any atom is 0.335 e. The monoisotopic (exact) mass is 267 g/mol. The van der Waals surface area contributed by atoms with Crippen molar-refractivity contribution < 1.29 is 19.7 Å². The average Bonchev–Trinajstić information content (AvgIpc) is 2.34. The van der Waals surface area contributed by atoms with Crippen molar-refractivity contribution in [1.82, 2.24) is 5.32 Å². The molecule has 0 bridgehead atoms. The number of carboxylic acids is 1. The Bertz CT molecular complexity index is 406. The lowest BCUT2D eigenvalue weighted by Gasteiger charge is -2.15. The average molecular weight is 267 g/mol. The Morgan fingerprint density at radius 3 is 2.79 bits per heavy atom. The van der Waals surface area contributed by atoms with Crippen molar-refractivity contribution in [1.29, 1.82) is 0 Å². The molecular formula is C14H21NO4. The lowest BCUT2D eigenvalue weighted by Crippen LogP contribution is -2.32. The van der Waals surface area contributed by atoms with Gasteiger partial charge < -0.3 is 20.3 Å². The van der Waals surface area contributed by atoms with Gasteiger partial charge >= 0.3 is 5.97 Å². The number of ether oxygens (including phenoxy) is 1. The minimum Gasteiger partial charge on any atom is -0.492 e. The summed E-state index contributed by atoms with van der Waals surface area (Å²) in [6.07, 6.45) is 0.366. The van der Waals surface area contributed by atoms with Crippen LogP contribution in [0.2, 0.25) is 0 Å². The standard InChI is InChI=1S/C14H21NO4/c1-10(8-11(2)16)15-6-7-19-13-5-3-4-12(9-13)14(17)18/h3-5,9-11,15-16H,6-8H2,1-2H3,(H,17,18). The van der Waals surface area contributed by atoms with Crippen LogP contribution in [0.5, 0.6) is 5.75 Å². The third-order valence-electron chi connectivity index (χ3n) is 2.64. The van der Waals surface area contributed by atoms with E-state index in [0.29, 0.717) is 25.3 Å². The Hall–Kier alpha value is -1.59. The van der Waals surface area contributed by atoms with Gasteiger partial charge in [0.2, 0.25) is 0 Å². The fourth-order valence-corrected chi connectivity index (χ4v) is 1.79. The van der Waals surface area contributed by atoms with Crippen molar-refractivity contribution in [3.8, 4) is 5.75 Å². The number of aliphatic hydroxyl groups excluding tert-OH is 1. The Labute approximate surface area is 113 Å². The molecule has 0 fully saturated rings. The molecule has 106 valence electrons. The van der Waals surface area contributed by atoms with Gasteiger partial charge in [-0.05, 0) is 38.5 Å². The Morgan fingerprint density at radius 2 is 2.16 bits per heavy atom. The highest BCUT2D eigenvalue weighted by molar-refractivity contribution is 5.87. The van der Waals surface area contributed by atoms with E-state index in [9.17, 15) is 9.90 Å². The van der Waals surface area contributed by atoms with Crippen LogP contribution in [0.25, 0.3) is 0 Å². The van der Waals surface area contributed by atoms with Crippen molar-refractivity contribution in [2.75, 3.05) is 13.2 Å². The number of nitrogens with one attached hydrogen (secondary N) is 1. The Kier molecular flexibility index (Phi) is 6.32. The van der Waals surface area contributed by atoms with E-state index >= 15 is 0 Å². The molecule has 0 radical (unpaired) electrons. The first-order valence-electron chi connectivity index (χ1n) is 6.36. The lowest BCUT2D eigenvalue weighted by atomic mass is 10.1. The molecule has 1 aromatic rings. The van der Waals surface area contributed by atoms with Gasteiger partial charge in [0.05, 0.1) is 11.7 Å². The molecule has 0 saturated heterocycles. The molecule has 1 aromatic carbocycles. The highest BCUT2D eigenvalue weighted by Crippen LogP contribution is 2.12. The molecular weight excluding hydrogens is 246 g/mol. The fraction of sp³-hybridized carbons (Fsp3) is 0.500. The van der Waals surface area contributed by atoms with Gasteiger partial charge in [-0.1, -0.05) is 6.07 Å². The number of aliphatic hydroxyl groups is 1. The molecule has 0 saturated carbocycles. The number of carboxylic acid groups (broad SMARTS) is 1. The van der Waals surface area contributed by atoms with Crippen molar-refractivity contribution in [2.45, 2.75) is 32.4 Å². The SMILES string of the molecule is CC(O)CC(C)NCCOc1cccc(C(=O)O)c1. The third-order valence-corrected chi connectivity index (χ3v) is 2.64. The summed E-state index contributed by atoms with van der Waals surface area (Å²) in [5.41, 5.74) is 0.216. The molecule has 5 nitrogen and oxygen atoms in total. The summed E-state index contributed by atoms with van der Waals surface area (Å²) in [4.78, 5) is 10.8. The molecule has 0 aliphatic rings. The second-order valence-electron chi connectivity index (χ2n) is 4.62. The molecule has 0 spiro atoms. The number of aromatic carboxylic acids is 1. The molecule has 2 unspecified atom stereocenters. The Morgan fingerprint density at radius 1 is 1.42 bits per heavy atom. The predicted octanol–water partition coefficient (Wildman–Crippen LogP) is 1.51. The van der Waals surface area contributed by atoms with Gasteiger partial charge in [0.25, 0.3) is 0 Å². The second kappa shape index (κ2) is 7.76. The van der Waals surface area contributed by atoms with E-state index in [1.807, 2.05) is 6.92 Å². The van der Waals surface area contributed by atoms with Gasteiger partial charge in [-0.3, -0.25) is 0 Å². The van der Waals surface area contributed by atoms with Gasteiger partial charge in [-0.2, -0.15) is 0 Å². The van der Waals surface area contributed by atoms with Crippen molar-refractivity contribution >= 4 is 5.97 Å². The van der Waals surface area contributed by atoms with Crippen LogP contribution in [0, 0.1) is 0 Å². The first-order valence-corrected chi connectivity index (χ1v) is 6.36. The van der Waals surface area contributed by atoms with Crippen LogP contribution >= 0.6 is 0 Å². The van der Waals surface area contributed by atoms with Gasteiger partial charge in [0, 0.05) is 12.6 Å². The summed E-state index contributed by atoms with van der Waals surface area (Å²) in [7, 11) is 0. The van der Waals surface area contributed by atoms with Gasteiger partial charge in [0.1, 0.15) is 12.4 Å². The van der Waals surface area contributed by atoms with Crippen molar-refractivity contribution in [2.24, 2.45) is 0 Å². The van der Waals surface area contributed by atoms with E-state index < -0.39 is 5.97 Å². The van der Waals surface area contributed by atoms with E-state index in [0.717, 1.165) is 0 Å².